The Balaban J connectivity index is 1.36. The highest BCUT2D eigenvalue weighted by atomic mass is 35.5. The molecule has 5 heteroatoms. The van der Waals surface area contributed by atoms with Crippen LogP contribution in [-0.4, -0.2) is 12.6 Å². The molecule has 0 saturated heterocycles. The lowest BCUT2D eigenvalue weighted by molar-refractivity contribution is -0.144. The number of ether oxygens (including phenoxy) is 2. The fraction of sp³-hybridized carbons (Fsp3) is 0.240. The monoisotopic (exact) mass is 421 g/mol. The van der Waals surface area contributed by atoms with Gasteiger partial charge >= 0.3 is 5.97 Å². The van der Waals surface area contributed by atoms with Crippen LogP contribution in [0.4, 0.5) is 5.69 Å². The van der Waals surface area contributed by atoms with Gasteiger partial charge in [-0.15, -0.1) is 0 Å². The number of esters is 1. The third-order valence-corrected chi connectivity index (χ3v) is 5.48. The van der Waals surface area contributed by atoms with Crippen molar-refractivity contribution in [3.8, 4) is 11.5 Å². The quantitative estimate of drug-likeness (QED) is 0.427. The van der Waals surface area contributed by atoms with Crippen LogP contribution in [0.1, 0.15) is 30.4 Å². The highest BCUT2D eigenvalue weighted by Crippen LogP contribution is 2.50. The summed E-state index contributed by atoms with van der Waals surface area (Å²) < 4.78 is 11.0. The number of anilines is 1. The van der Waals surface area contributed by atoms with E-state index in [9.17, 15) is 4.79 Å². The van der Waals surface area contributed by atoms with Crippen molar-refractivity contribution in [3.63, 3.8) is 0 Å². The van der Waals surface area contributed by atoms with E-state index in [1.54, 1.807) is 0 Å². The number of rotatable bonds is 8. The van der Waals surface area contributed by atoms with Crippen molar-refractivity contribution in [3.05, 3.63) is 88.9 Å². The van der Waals surface area contributed by atoms with Crippen LogP contribution >= 0.6 is 11.6 Å². The van der Waals surface area contributed by atoms with Crippen molar-refractivity contribution < 1.29 is 14.3 Å². The second-order valence-electron chi connectivity index (χ2n) is 7.35. The summed E-state index contributed by atoms with van der Waals surface area (Å²) in [6.07, 6.45) is 0.805. The van der Waals surface area contributed by atoms with Crippen molar-refractivity contribution in [2.24, 2.45) is 5.92 Å². The van der Waals surface area contributed by atoms with Gasteiger partial charge in [-0.25, -0.2) is 0 Å². The summed E-state index contributed by atoms with van der Waals surface area (Å²) in [6.45, 7) is 2.89. The third kappa shape index (κ3) is 4.95. The normalized spacial score (nSPS) is 17.3. The lowest BCUT2D eigenvalue weighted by Crippen LogP contribution is -2.07. The van der Waals surface area contributed by atoms with Gasteiger partial charge in [-0.1, -0.05) is 48.0 Å². The number of para-hydroxylation sites is 1. The van der Waals surface area contributed by atoms with Gasteiger partial charge in [0.1, 0.15) is 11.5 Å². The van der Waals surface area contributed by atoms with E-state index in [2.05, 4.69) is 11.4 Å². The van der Waals surface area contributed by atoms with Gasteiger partial charge in [-0.05, 0) is 66.8 Å². The van der Waals surface area contributed by atoms with Gasteiger partial charge in [0, 0.05) is 17.3 Å². The van der Waals surface area contributed by atoms with Crippen LogP contribution in [0, 0.1) is 5.92 Å². The maximum absolute atomic E-state index is 11.9. The number of nitrogens with one attached hydrogen (secondary N) is 1. The number of halogens is 1. The second kappa shape index (κ2) is 9.23. The van der Waals surface area contributed by atoms with Gasteiger partial charge in [0.05, 0.1) is 12.5 Å². The molecule has 1 N–H and O–H groups in total. The van der Waals surface area contributed by atoms with Gasteiger partial charge < -0.3 is 14.8 Å². The highest BCUT2D eigenvalue weighted by Gasteiger charge is 2.46. The number of hydrogen-bond donors (Lipinski definition) is 1. The van der Waals surface area contributed by atoms with Gasteiger partial charge in [-0.3, -0.25) is 4.79 Å². The van der Waals surface area contributed by atoms with Gasteiger partial charge in [0.25, 0.3) is 0 Å². The predicted molar refractivity (Wildman–Crippen MR) is 119 cm³/mol. The fourth-order valence-electron chi connectivity index (χ4n) is 3.53. The second-order valence-corrected chi connectivity index (χ2v) is 7.76. The van der Waals surface area contributed by atoms with E-state index < -0.39 is 0 Å². The van der Waals surface area contributed by atoms with E-state index in [1.165, 1.54) is 0 Å². The Kier molecular flexibility index (Phi) is 6.24. The minimum atomic E-state index is -0.127. The molecule has 1 saturated carbocycles. The average Bonchev–Trinajstić information content (AvgIpc) is 3.54. The molecule has 0 amide bonds. The van der Waals surface area contributed by atoms with Crippen LogP contribution in [0.15, 0.2) is 72.8 Å². The third-order valence-electron chi connectivity index (χ3n) is 5.15. The Morgan fingerprint density at radius 2 is 1.83 bits per heavy atom. The standard InChI is InChI=1S/C25H24ClNO3/c1-2-29-25(28)23-15-22(23)21-12-11-18(14-24(21)26)27-16-17-7-6-10-20(13-17)30-19-8-4-3-5-9-19/h3-14,22-23,27H,2,15-16H2,1H3. The van der Waals surface area contributed by atoms with Crippen molar-refractivity contribution in [2.45, 2.75) is 25.8 Å². The minimum Gasteiger partial charge on any atom is -0.466 e. The number of carbonyl (C=O) groups excluding carboxylic acids is 1. The molecule has 4 nitrogen and oxygen atoms in total. The van der Waals surface area contributed by atoms with Crippen LogP contribution in [0.3, 0.4) is 0 Å². The van der Waals surface area contributed by atoms with Crippen molar-refractivity contribution in [1.29, 1.82) is 0 Å². The fourth-order valence-corrected chi connectivity index (χ4v) is 3.85. The maximum Gasteiger partial charge on any atom is 0.309 e. The first-order valence-electron chi connectivity index (χ1n) is 10.2. The zero-order valence-corrected chi connectivity index (χ0v) is 17.6. The van der Waals surface area contributed by atoms with Crippen LogP contribution in [0.25, 0.3) is 0 Å². The van der Waals surface area contributed by atoms with Crippen LogP contribution < -0.4 is 10.1 Å². The molecular weight excluding hydrogens is 398 g/mol. The summed E-state index contributed by atoms with van der Waals surface area (Å²) in [5, 5.41) is 4.08. The molecule has 0 aliphatic heterocycles. The Morgan fingerprint density at radius 1 is 1.03 bits per heavy atom. The van der Waals surface area contributed by atoms with Crippen LogP contribution in [0.2, 0.25) is 5.02 Å². The van der Waals surface area contributed by atoms with E-state index in [4.69, 9.17) is 21.1 Å². The molecule has 1 aliphatic rings. The smallest absolute Gasteiger partial charge is 0.309 e. The molecule has 3 aromatic carbocycles. The first kappa shape index (κ1) is 20.3. The van der Waals surface area contributed by atoms with Crippen LogP contribution in [0.5, 0.6) is 11.5 Å². The molecule has 2 atom stereocenters. The molecule has 30 heavy (non-hydrogen) atoms. The van der Waals surface area contributed by atoms with Gasteiger partial charge in [0.15, 0.2) is 0 Å². The zero-order valence-electron chi connectivity index (χ0n) is 16.8. The van der Waals surface area contributed by atoms with E-state index in [0.717, 1.165) is 34.7 Å². The lowest BCUT2D eigenvalue weighted by atomic mass is 10.1. The molecule has 1 aliphatic carbocycles. The molecule has 0 aromatic heterocycles. The van der Waals surface area contributed by atoms with E-state index >= 15 is 0 Å². The average molecular weight is 422 g/mol. The van der Waals surface area contributed by atoms with Crippen molar-refractivity contribution in [1.82, 2.24) is 0 Å². The highest BCUT2D eigenvalue weighted by molar-refractivity contribution is 6.31. The Hall–Kier alpha value is -2.98. The molecule has 0 radical (unpaired) electrons. The topological polar surface area (TPSA) is 47.6 Å². The first-order chi connectivity index (χ1) is 14.6. The maximum atomic E-state index is 11.9. The molecule has 1 fully saturated rings. The van der Waals surface area contributed by atoms with Crippen molar-refractivity contribution >= 4 is 23.3 Å². The molecule has 0 bridgehead atoms. The summed E-state index contributed by atoms with van der Waals surface area (Å²) in [5.41, 5.74) is 3.05. The van der Waals surface area contributed by atoms with E-state index in [-0.39, 0.29) is 17.8 Å². The summed E-state index contributed by atoms with van der Waals surface area (Å²) in [6, 6.07) is 23.6. The molecule has 0 heterocycles. The zero-order chi connectivity index (χ0) is 20.9. The Morgan fingerprint density at radius 3 is 2.60 bits per heavy atom. The first-order valence-corrected chi connectivity index (χ1v) is 10.5. The molecule has 0 spiro atoms. The SMILES string of the molecule is CCOC(=O)C1CC1c1ccc(NCc2cccc(Oc3ccccc3)c2)cc1Cl. The lowest BCUT2D eigenvalue weighted by Gasteiger charge is -2.11. The van der Waals surface area contributed by atoms with Gasteiger partial charge in [0.2, 0.25) is 0 Å². The summed E-state index contributed by atoms with van der Waals surface area (Å²) in [5.74, 6) is 1.59. The number of carbonyl (C=O) groups is 1. The number of benzene rings is 3. The summed E-state index contributed by atoms with van der Waals surface area (Å²) >= 11 is 6.50. The van der Waals surface area contributed by atoms with Crippen molar-refractivity contribution in [2.75, 3.05) is 11.9 Å². The molecule has 2 unspecified atom stereocenters. The molecule has 4 rings (SSSR count). The predicted octanol–water partition coefficient (Wildman–Crippen LogP) is 6.41. The number of hydrogen-bond acceptors (Lipinski definition) is 4. The Labute approximate surface area is 181 Å². The van der Waals surface area contributed by atoms with Crippen LogP contribution in [-0.2, 0) is 16.1 Å². The molecule has 3 aromatic rings. The summed E-state index contributed by atoms with van der Waals surface area (Å²) in [7, 11) is 0. The van der Waals surface area contributed by atoms with E-state index in [1.807, 2.05) is 73.7 Å². The minimum absolute atomic E-state index is 0.0615. The Bertz CT molecular complexity index is 1020. The van der Waals surface area contributed by atoms with Gasteiger partial charge in [-0.2, -0.15) is 0 Å². The molecule has 154 valence electrons. The summed E-state index contributed by atoms with van der Waals surface area (Å²) in [4.78, 5) is 11.9. The largest absolute Gasteiger partial charge is 0.466 e. The van der Waals surface area contributed by atoms with E-state index in [0.29, 0.717) is 18.2 Å². The molecular formula is C25H24ClNO3.